The van der Waals surface area contributed by atoms with Gasteiger partial charge in [-0.1, -0.05) is 35.9 Å². The lowest BCUT2D eigenvalue weighted by molar-refractivity contribution is -0.120. The van der Waals surface area contributed by atoms with E-state index in [0.717, 1.165) is 16.6 Å². The fraction of sp³-hybridized carbons (Fsp3) is 0.320. The number of para-hydroxylation sites is 1. The first kappa shape index (κ1) is 21.5. The summed E-state index contributed by atoms with van der Waals surface area (Å²) in [4.78, 5) is 41.7. The molecule has 0 radical (unpaired) electrons. The van der Waals surface area contributed by atoms with E-state index in [1.54, 1.807) is 29.8 Å². The van der Waals surface area contributed by atoms with Gasteiger partial charge in [0.05, 0.1) is 17.5 Å². The van der Waals surface area contributed by atoms with E-state index in [2.05, 4.69) is 0 Å². The van der Waals surface area contributed by atoms with Crippen LogP contribution in [0.1, 0.15) is 41.7 Å². The molecule has 0 bridgehead atoms. The molecule has 0 aliphatic carbocycles. The predicted octanol–water partition coefficient (Wildman–Crippen LogP) is 3.53. The van der Waals surface area contributed by atoms with Crippen molar-refractivity contribution in [1.29, 1.82) is 0 Å². The number of hydrogen-bond donors (Lipinski definition) is 1. The highest BCUT2D eigenvalue weighted by atomic mass is 35.5. The number of rotatable bonds is 4. The first-order valence-corrected chi connectivity index (χ1v) is 11.5. The van der Waals surface area contributed by atoms with Crippen molar-refractivity contribution < 1.29 is 14.4 Å². The Kier molecular flexibility index (Phi) is 5.37. The summed E-state index contributed by atoms with van der Waals surface area (Å²) < 4.78 is 1.71. The number of nitrogens with two attached hydrogens (primary N) is 1. The minimum Gasteiger partial charge on any atom is -0.368 e. The Hall–Kier alpha value is -3.32. The minimum absolute atomic E-state index is 0.0835. The van der Waals surface area contributed by atoms with Crippen molar-refractivity contribution in [3.63, 3.8) is 0 Å². The second-order valence-electron chi connectivity index (χ2n) is 8.78. The number of nitrogens with zero attached hydrogens (tertiary/aromatic N) is 3. The highest BCUT2D eigenvalue weighted by Gasteiger charge is 2.36. The van der Waals surface area contributed by atoms with Gasteiger partial charge in [-0.2, -0.15) is 0 Å². The Morgan fingerprint density at radius 3 is 2.58 bits per heavy atom. The number of halogens is 1. The van der Waals surface area contributed by atoms with Crippen molar-refractivity contribution in [3.05, 3.63) is 64.8 Å². The highest BCUT2D eigenvalue weighted by Crippen LogP contribution is 2.34. The zero-order valence-corrected chi connectivity index (χ0v) is 19.1. The number of anilines is 1. The third-order valence-electron chi connectivity index (χ3n) is 6.83. The Balaban J connectivity index is 1.38. The molecule has 3 heterocycles. The molecule has 2 aliphatic rings. The van der Waals surface area contributed by atoms with Gasteiger partial charge in [-0.15, -0.1) is 0 Å². The van der Waals surface area contributed by atoms with Crippen molar-refractivity contribution in [3.8, 4) is 0 Å². The summed E-state index contributed by atoms with van der Waals surface area (Å²) in [7, 11) is 0. The van der Waals surface area contributed by atoms with E-state index >= 15 is 0 Å². The quantitative estimate of drug-likeness (QED) is 0.640. The van der Waals surface area contributed by atoms with Crippen LogP contribution in [-0.4, -0.2) is 46.3 Å². The van der Waals surface area contributed by atoms with Gasteiger partial charge in [-0.3, -0.25) is 14.4 Å². The molecule has 5 rings (SSSR count). The van der Waals surface area contributed by atoms with Gasteiger partial charge in [0.1, 0.15) is 6.04 Å². The van der Waals surface area contributed by atoms with E-state index < -0.39 is 11.9 Å². The van der Waals surface area contributed by atoms with Gasteiger partial charge in [-0.25, -0.2) is 0 Å². The zero-order valence-electron chi connectivity index (χ0n) is 18.3. The van der Waals surface area contributed by atoms with Gasteiger partial charge in [0, 0.05) is 41.4 Å². The molecule has 1 aromatic heterocycles. The second kappa shape index (κ2) is 8.23. The molecular formula is C25H25ClN4O3. The van der Waals surface area contributed by atoms with Gasteiger partial charge in [0.15, 0.2) is 0 Å². The predicted molar refractivity (Wildman–Crippen MR) is 127 cm³/mol. The van der Waals surface area contributed by atoms with Crippen LogP contribution in [0.15, 0.2) is 48.7 Å². The Bertz CT molecular complexity index is 1280. The Morgan fingerprint density at radius 1 is 1.12 bits per heavy atom. The lowest BCUT2D eigenvalue weighted by Gasteiger charge is -2.37. The van der Waals surface area contributed by atoms with Crippen LogP contribution in [0, 0.1) is 0 Å². The van der Waals surface area contributed by atoms with Crippen LogP contribution in [0.25, 0.3) is 10.9 Å². The zero-order chi connectivity index (χ0) is 23.3. The Morgan fingerprint density at radius 2 is 1.85 bits per heavy atom. The number of benzene rings is 2. The summed E-state index contributed by atoms with van der Waals surface area (Å²) in [5.41, 5.74) is 8.81. The molecule has 2 N–H and O–H groups in total. The molecule has 3 aromatic rings. The monoisotopic (exact) mass is 464 g/mol. The first-order chi connectivity index (χ1) is 15.8. The molecule has 2 aromatic carbocycles. The van der Waals surface area contributed by atoms with Gasteiger partial charge in [0.25, 0.3) is 5.91 Å². The van der Waals surface area contributed by atoms with Crippen LogP contribution in [0.5, 0.6) is 0 Å². The molecule has 2 aliphatic heterocycles. The molecule has 1 unspecified atom stereocenters. The topological polar surface area (TPSA) is 88.6 Å². The van der Waals surface area contributed by atoms with E-state index in [1.807, 2.05) is 40.1 Å². The lowest BCUT2D eigenvalue weighted by atomic mass is 10.0. The average Bonchev–Trinajstić information content (AvgIpc) is 3.34. The summed E-state index contributed by atoms with van der Waals surface area (Å²) in [5.74, 6) is -0.451. The molecule has 3 amide bonds. The molecule has 33 heavy (non-hydrogen) atoms. The average molecular weight is 465 g/mol. The number of amides is 3. The number of piperidine rings is 1. The van der Waals surface area contributed by atoms with Crippen molar-refractivity contribution >= 4 is 45.9 Å². The summed E-state index contributed by atoms with van der Waals surface area (Å²) in [6.45, 7) is 2.81. The van der Waals surface area contributed by atoms with Crippen LogP contribution in [0.2, 0.25) is 5.02 Å². The molecule has 7 nitrogen and oxygen atoms in total. The normalized spacial score (nSPS) is 17.5. The summed E-state index contributed by atoms with van der Waals surface area (Å²) in [5, 5.41) is 1.26. The summed E-state index contributed by atoms with van der Waals surface area (Å²) >= 11 is 6.18. The van der Waals surface area contributed by atoms with Gasteiger partial charge in [-0.05, 0) is 43.5 Å². The van der Waals surface area contributed by atoms with Crippen molar-refractivity contribution in [1.82, 2.24) is 9.47 Å². The van der Waals surface area contributed by atoms with E-state index in [4.69, 9.17) is 17.3 Å². The smallest absolute Gasteiger partial charge is 0.256 e. The van der Waals surface area contributed by atoms with Gasteiger partial charge in [0.2, 0.25) is 11.8 Å². The maximum absolute atomic E-state index is 13.5. The number of carbonyl (C=O) groups is 3. The molecule has 8 heteroatoms. The molecule has 1 saturated heterocycles. The third-order valence-corrected chi connectivity index (χ3v) is 7.07. The van der Waals surface area contributed by atoms with Crippen LogP contribution >= 0.6 is 11.6 Å². The van der Waals surface area contributed by atoms with Crippen LogP contribution in [0.3, 0.4) is 0 Å². The van der Waals surface area contributed by atoms with Crippen molar-refractivity contribution in [2.75, 3.05) is 18.0 Å². The number of fused-ring (bicyclic) bond motifs is 2. The second-order valence-corrected chi connectivity index (χ2v) is 9.22. The number of hydrogen-bond acceptors (Lipinski definition) is 3. The highest BCUT2D eigenvalue weighted by molar-refractivity contribution is 6.31. The fourth-order valence-electron chi connectivity index (χ4n) is 5.03. The fourth-order valence-corrected chi connectivity index (χ4v) is 5.19. The van der Waals surface area contributed by atoms with E-state index in [-0.39, 0.29) is 17.9 Å². The van der Waals surface area contributed by atoms with E-state index in [9.17, 15) is 14.4 Å². The van der Waals surface area contributed by atoms with Crippen LogP contribution in [0.4, 0.5) is 5.69 Å². The molecule has 1 fully saturated rings. The standard InChI is InChI=1S/C25H25ClN4O3/c1-15(24(27)32)29-14-20(19-7-6-17(26)13-22(19)29)25(33)28-10-8-18(9-11-28)30-21-5-3-2-4-16(21)12-23(30)31/h2-7,13-15,18H,8-12H2,1H3,(H2,27,32). The van der Waals surface area contributed by atoms with Crippen LogP contribution in [-0.2, 0) is 16.0 Å². The molecule has 0 saturated carbocycles. The SMILES string of the molecule is CC(C(N)=O)n1cc(C(=O)N2CCC(N3C(=O)Cc4ccccc43)CC2)c2ccc(Cl)cc21. The number of likely N-dealkylation sites (tertiary alicyclic amines) is 1. The first-order valence-electron chi connectivity index (χ1n) is 11.1. The molecule has 1 atom stereocenters. The maximum Gasteiger partial charge on any atom is 0.256 e. The molecular weight excluding hydrogens is 440 g/mol. The lowest BCUT2D eigenvalue weighted by Crippen LogP contribution is -2.48. The van der Waals surface area contributed by atoms with E-state index in [0.29, 0.717) is 48.5 Å². The van der Waals surface area contributed by atoms with E-state index in [1.165, 1.54) is 0 Å². The molecule has 170 valence electrons. The Labute approximate surface area is 196 Å². The van der Waals surface area contributed by atoms with Crippen molar-refractivity contribution in [2.24, 2.45) is 5.73 Å². The maximum atomic E-state index is 13.5. The summed E-state index contributed by atoms with van der Waals surface area (Å²) in [6.07, 6.45) is 3.57. The van der Waals surface area contributed by atoms with Crippen molar-refractivity contribution in [2.45, 2.75) is 38.3 Å². The third kappa shape index (κ3) is 3.66. The number of aromatic nitrogens is 1. The van der Waals surface area contributed by atoms with Crippen LogP contribution < -0.4 is 10.6 Å². The van der Waals surface area contributed by atoms with Gasteiger partial charge >= 0.3 is 0 Å². The largest absolute Gasteiger partial charge is 0.368 e. The number of primary amides is 1. The molecule has 0 spiro atoms. The van der Waals surface area contributed by atoms with Gasteiger partial charge < -0.3 is 20.1 Å². The minimum atomic E-state index is -0.612. The summed E-state index contributed by atoms with van der Waals surface area (Å²) in [6, 6.07) is 12.7. The number of carbonyl (C=O) groups excluding carboxylic acids is 3.